The molecule has 3 nitrogen and oxygen atoms in total. The molecule has 0 bridgehead atoms. The fraction of sp³-hybridized carbons (Fsp3) is 0.400. The van der Waals surface area contributed by atoms with Gasteiger partial charge in [-0.2, -0.15) is 13.2 Å². The molecule has 0 aromatic heterocycles. The van der Waals surface area contributed by atoms with E-state index in [0.29, 0.717) is 0 Å². The Labute approximate surface area is 101 Å². The van der Waals surface area contributed by atoms with Crippen LogP contribution in [-0.4, -0.2) is 29.5 Å². The smallest absolute Gasteiger partial charge is 0.394 e. The van der Waals surface area contributed by atoms with E-state index in [0.717, 1.165) is 12.1 Å². The lowest BCUT2D eigenvalue weighted by Crippen LogP contribution is -2.23. The van der Waals surface area contributed by atoms with Crippen LogP contribution in [0.15, 0.2) is 18.2 Å². The Morgan fingerprint density at radius 3 is 2.53 bits per heavy atom. The van der Waals surface area contributed by atoms with Crippen LogP contribution in [0.2, 0.25) is 5.02 Å². The van der Waals surface area contributed by atoms with Gasteiger partial charge in [-0.25, -0.2) is 0 Å². The van der Waals surface area contributed by atoms with Crippen molar-refractivity contribution in [3.05, 3.63) is 28.8 Å². The van der Waals surface area contributed by atoms with Crippen molar-refractivity contribution in [2.45, 2.75) is 12.3 Å². The third-order valence-electron chi connectivity index (χ3n) is 2.02. The molecular weight excluding hydrogens is 259 g/mol. The molecule has 3 N–H and O–H groups in total. The van der Waals surface area contributed by atoms with Gasteiger partial charge >= 0.3 is 6.18 Å². The fourth-order valence-electron chi connectivity index (χ4n) is 1.15. The topological polar surface area (TPSA) is 52.5 Å². The molecule has 0 unspecified atom stereocenters. The molecule has 0 heterocycles. The zero-order valence-electron chi connectivity index (χ0n) is 8.63. The summed E-state index contributed by atoms with van der Waals surface area (Å²) >= 11 is 5.43. The number of halogens is 4. The SMILES string of the molecule is OC[C@@H](O)CNc1ccc(Cl)c(C(F)(F)F)c1. The summed E-state index contributed by atoms with van der Waals surface area (Å²) in [6, 6.07) is 3.34. The predicted molar refractivity (Wildman–Crippen MR) is 58.0 cm³/mol. The van der Waals surface area contributed by atoms with Gasteiger partial charge in [0.25, 0.3) is 0 Å². The van der Waals surface area contributed by atoms with Crippen LogP contribution in [-0.2, 0) is 6.18 Å². The Morgan fingerprint density at radius 1 is 1.35 bits per heavy atom. The number of nitrogens with one attached hydrogen (secondary N) is 1. The van der Waals surface area contributed by atoms with Crippen molar-refractivity contribution in [1.29, 1.82) is 0 Å². The van der Waals surface area contributed by atoms with Crippen LogP contribution in [0.4, 0.5) is 18.9 Å². The van der Waals surface area contributed by atoms with E-state index in [4.69, 9.17) is 21.8 Å². The van der Waals surface area contributed by atoms with E-state index in [1.54, 1.807) is 0 Å². The van der Waals surface area contributed by atoms with Crippen molar-refractivity contribution in [2.24, 2.45) is 0 Å². The Morgan fingerprint density at radius 2 is 2.00 bits per heavy atom. The van der Waals surface area contributed by atoms with Gasteiger partial charge in [-0.1, -0.05) is 11.6 Å². The highest BCUT2D eigenvalue weighted by Crippen LogP contribution is 2.36. The standard InChI is InChI=1S/C10H11ClF3NO2/c11-9-2-1-6(15-4-7(17)5-16)3-8(9)10(12,13)14/h1-3,7,15-17H,4-5H2/t7-/m0/s1. The number of benzene rings is 1. The number of rotatable bonds is 4. The molecule has 1 aromatic rings. The molecule has 17 heavy (non-hydrogen) atoms. The summed E-state index contributed by atoms with van der Waals surface area (Å²) in [4.78, 5) is 0. The molecule has 1 rings (SSSR count). The van der Waals surface area contributed by atoms with Crippen LogP contribution >= 0.6 is 11.6 Å². The Kier molecular flexibility index (Phi) is 4.62. The molecule has 0 saturated carbocycles. The van der Waals surface area contributed by atoms with Crippen LogP contribution in [0.5, 0.6) is 0 Å². The molecule has 0 aliphatic heterocycles. The van der Waals surface area contributed by atoms with Crippen molar-refractivity contribution in [2.75, 3.05) is 18.5 Å². The van der Waals surface area contributed by atoms with Crippen molar-refractivity contribution in [1.82, 2.24) is 0 Å². The second-order valence-electron chi connectivity index (χ2n) is 3.41. The molecule has 0 saturated heterocycles. The maximum absolute atomic E-state index is 12.5. The van der Waals surface area contributed by atoms with Gasteiger partial charge in [0.15, 0.2) is 0 Å². The van der Waals surface area contributed by atoms with Crippen molar-refractivity contribution in [3.8, 4) is 0 Å². The minimum absolute atomic E-state index is 0.0462. The second kappa shape index (κ2) is 5.57. The summed E-state index contributed by atoms with van der Waals surface area (Å²) in [5.41, 5.74) is -0.767. The average Bonchev–Trinajstić information content (AvgIpc) is 2.26. The van der Waals surface area contributed by atoms with E-state index < -0.39 is 24.5 Å². The number of anilines is 1. The highest BCUT2D eigenvalue weighted by molar-refractivity contribution is 6.31. The summed E-state index contributed by atoms with van der Waals surface area (Å²) in [5.74, 6) is 0. The number of hydrogen-bond donors (Lipinski definition) is 3. The summed E-state index contributed by atoms with van der Waals surface area (Å²) in [6.07, 6.45) is -5.55. The first-order valence-electron chi connectivity index (χ1n) is 4.74. The first-order valence-corrected chi connectivity index (χ1v) is 5.12. The van der Waals surface area contributed by atoms with E-state index in [-0.39, 0.29) is 17.3 Å². The average molecular weight is 270 g/mol. The fourth-order valence-corrected chi connectivity index (χ4v) is 1.38. The quantitative estimate of drug-likeness (QED) is 0.785. The van der Waals surface area contributed by atoms with Crippen LogP contribution in [0, 0.1) is 0 Å². The summed E-state index contributed by atoms with van der Waals surface area (Å²) < 4.78 is 37.5. The zero-order chi connectivity index (χ0) is 13.1. The lowest BCUT2D eigenvalue weighted by atomic mass is 10.2. The maximum Gasteiger partial charge on any atom is 0.417 e. The maximum atomic E-state index is 12.5. The van der Waals surface area contributed by atoms with E-state index in [9.17, 15) is 13.2 Å². The van der Waals surface area contributed by atoms with Gasteiger partial charge in [0.2, 0.25) is 0 Å². The van der Waals surface area contributed by atoms with Gasteiger partial charge < -0.3 is 15.5 Å². The van der Waals surface area contributed by atoms with Crippen molar-refractivity contribution < 1.29 is 23.4 Å². The number of aliphatic hydroxyl groups is 2. The van der Waals surface area contributed by atoms with Gasteiger partial charge in [0.05, 0.1) is 23.3 Å². The van der Waals surface area contributed by atoms with Crippen LogP contribution in [0.3, 0.4) is 0 Å². The Bertz CT molecular complexity index is 384. The summed E-state index contributed by atoms with van der Waals surface area (Å²) in [5, 5.41) is 19.8. The molecule has 0 aliphatic rings. The number of hydrogen-bond acceptors (Lipinski definition) is 3. The molecule has 96 valence electrons. The molecule has 0 amide bonds. The molecule has 0 fully saturated rings. The van der Waals surface area contributed by atoms with E-state index in [1.165, 1.54) is 6.07 Å². The third-order valence-corrected chi connectivity index (χ3v) is 2.35. The lowest BCUT2D eigenvalue weighted by molar-refractivity contribution is -0.137. The van der Waals surface area contributed by atoms with E-state index >= 15 is 0 Å². The van der Waals surface area contributed by atoms with Gasteiger partial charge in [0.1, 0.15) is 0 Å². The van der Waals surface area contributed by atoms with Gasteiger partial charge in [0, 0.05) is 12.2 Å². The summed E-state index contributed by atoms with van der Waals surface area (Å²) in [7, 11) is 0. The summed E-state index contributed by atoms with van der Waals surface area (Å²) in [6.45, 7) is -0.512. The van der Waals surface area contributed by atoms with Crippen molar-refractivity contribution >= 4 is 17.3 Å². The molecular formula is C10H11ClF3NO2. The zero-order valence-corrected chi connectivity index (χ0v) is 9.39. The normalized spacial score (nSPS) is 13.5. The Hall–Kier alpha value is -0.980. The van der Waals surface area contributed by atoms with Gasteiger partial charge in [-0.15, -0.1) is 0 Å². The van der Waals surface area contributed by atoms with Gasteiger partial charge in [-0.05, 0) is 18.2 Å². The third kappa shape index (κ3) is 4.07. The number of aliphatic hydroxyl groups excluding tert-OH is 2. The van der Waals surface area contributed by atoms with Crippen LogP contribution < -0.4 is 5.32 Å². The molecule has 7 heteroatoms. The predicted octanol–water partition coefficient (Wildman–Crippen LogP) is 2.12. The monoisotopic (exact) mass is 269 g/mol. The minimum Gasteiger partial charge on any atom is -0.394 e. The molecule has 0 spiro atoms. The first kappa shape index (κ1) is 14.1. The van der Waals surface area contributed by atoms with Crippen LogP contribution in [0.25, 0.3) is 0 Å². The van der Waals surface area contributed by atoms with Crippen LogP contribution in [0.1, 0.15) is 5.56 Å². The number of alkyl halides is 3. The molecule has 0 radical (unpaired) electrons. The lowest BCUT2D eigenvalue weighted by Gasteiger charge is -2.13. The first-order chi connectivity index (χ1) is 7.84. The highest BCUT2D eigenvalue weighted by atomic mass is 35.5. The highest BCUT2D eigenvalue weighted by Gasteiger charge is 2.33. The molecule has 0 aliphatic carbocycles. The van der Waals surface area contributed by atoms with E-state index in [2.05, 4.69) is 5.32 Å². The van der Waals surface area contributed by atoms with Gasteiger partial charge in [-0.3, -0.25) is 0 Å². The Balaban J connectivity index is 2.82. The minimum atomic E-state index is -4.52. The largest absolute Gasteiger partial charge is 0.417 e. The molecule has 1 aromatic carbocycles. The van der Waals surface area contributed by atoms with E-state index in [1.807, 2.05) is 0 Å². The second-order valence-corrected chi connectivity index (χ2v) is 3.82. The molecule has 1 atom stereocenters. The van der Waals surface area contributed by atoms with Crippen molar-refractivity contribution in [3.63, 3.8) is 0 Å².